The van der Waals surface area contributed by atoms with Gasteiger partial charge in [-0.05, 0) is 23.3 Å². The highest BCUT2D eigenvalue weighted by atomic mass is 32.2. The Labute approximate surface area is 112 Å². The Morgan fingerprint density at radius 3 is 2.47 bits per heavy atom. The fourth-order valence-electron chi connectivity index (χ4n) is 1.58. The Morgan fingerprint density at radius 1 is 0.941 bits per heavy atom. The molecule has 0 aromatic heterocycles. The fourth-order valence-corrected chi connectivity index (χ4v) is 2.70. The number of thioether (sulfide) groups is 1. The molecule has 0 aliphatic heterocycles. The Bertz CT molecular complexity index is 457. The van der Waals surface area contributed by atoms with Gasteiger partial charge in [-0.1, -0.05) is 55.3 Å². The molecular weight excluding hydrogens is 246 g/mol. The van der Waals surface area contributed by atoms with E-state index in [2.05, 4.69) is 66.1 Å². The summed E-state index contributed by atoms with van der Waals surface area (Å²) in [7, 11) is 0. The lowest BCUT2D eigenvalue weighted by molar-refractivity contribution is 0.978. The fraction of sp³-hybridized carbons (Fsp3) is 0.143. The predicted molar refractivity (Wildman–Crippen MR) is 78.3 cm³/mol. The van der Waals surface area contributed by atoms with Crippen LogP contribution in [0.15, 0.2) is 59.5 Å². The van der Waals surface area contributed by atoms with E-state index in [4.69, 9.17) is 0 Å². The molecule has 0 unspecified atom stereocenters. The number of hydrogen-bond acceptors (Lipinski definition) is 3. The van der Waals surface area contributed by atoms with Crippen molar-refractivity contribution in [2.45, 2.75) is 17.2 Å². The first-order chi connectivity index (χ1) is 8.38. The second kappa shape index (κ2) is 6.74. The van der Waals surface area contributed by atoms with Crippen molar-refractivity contribution in [3.8, 4) is 0 Å². The van der Waals surface area contributed by atoms with Crippen molar-refractivity contribution >= 4 is 24.6 Å². The molecular formula is C14H15NS2. The minimum atomic E-state index is 0.794. The molecule has 1 N–H and O–H groups in total. The van der Waals surface area contributed by atoms with Crippen molar-refractivity contribution in [1.82, 2.24) is 4.72 Å². The van der Waals surface area contributed by atoms with E-state index in [1.165, 1.54) is 16.0 Å². The van der Waals surface area contributed by atoms with Gasteiger partial charge < -0.3 is 0 Å². The van der Waals surface area contributed by atoms with Crippen LogP contribution in [0.2, 0.25) is 0 Å². The van der Waals surface area contributed by atoms with Gasteiger partial charge >= 0.3 is 0 Å². The van der Waals surface area contributed by atoms with E-state index in [1.807, 2.05) is 17.8 Å². The lowest BCUT2D eigenvalue weighted by atomic mass is 10.2. The maximum Gasteiger partial charge on any atom is 0.0308 e. The molecule has 0 radical (unpaired) electrons. The van der Waals surface area contributed by atoms with Gasteiger partial charge in [0.15, 0.2) is 0 Å². The van der Waals surface area contributed by atoms with Gasteiger partial charge in [0.2, 0.25) is 0 Å². The molecule has 1 nitrogen and oxygen atoms in total. The van der Waals surface area contributed by atoms with E-state index in [9.17, 15) is 0 Å². The molecule has 88 valence electrons. The molecule has 0 saturated carbocycles. The van der Waals surface area contributed by atoms with Crippen LogP contribution in [0.25, 0.3) is 0 Å². The summed E-state index contributed by atoms with van der Waals surface area (Å²) in [6.07, 6.45) is 0. The summed E-state index contributed by atoms with van der Waals surface area (Å²) in [4.78, 5) is 1.30. The van der Waals surface area contributed by atoms with E-state index in [0.717, 1.165) is 12.3 Å². The highest BCUT2D eigenvalue weighted by Crippen LogP contribution is 2.23. The molecule has 2 aromatic rings. The first-order valence-corrected chi connectivity index (χ1v) is 6.94. The van der Waals surface area contributed by atoms with E-state index < -0.39 is 0 Å². The summed E-state index contributed by atoms with van der Waals surface area (Å²) in [5.74, 6) is 1.01. The summed E-state index contributed by atoms with van der Waals surface area (Å²) in [6.45, 7) is 0.794. The smallest absolute Gasteiger partial charge is 0.0308 e. The van der Waals surface area contributed by atoms with E-state index in [-0.39, 0.29) is 0 Å². The first kappa shape index (κ1) is 12.6. The van der Waals surface area contributed by atoms with Crippen LogP contribution in [0.5, 0.6) is 0 Å². The number of benzene rings is 2. The van der Waals surface area contributed by atoms with E-state index >= 15 is 0 Å². The quantitative estimate of drug-likeness (QED) is 0.625. The molecule has 0 spiro atoms. The van der Waals surface area contributed by atoms with Gasteiger partial charge in [0.25, 0.3) is 0 Å². The Balaban J connectivity index is 1.97. The lowest BCUT2D eigenvalue weighted by Gasteiger charge is -2.04. The zero-order valence-corrected chi connectivity index (χ0v) is 11.2. The second-order valence-electron chi connectivity index (χ2n) is 3.76. The van der Waals surface area contributed by atoms with Crippen LogP contribution >= 0.6 is 24.6 Å². The van der Waals surface area contributed by atoms with Crippen molar-refractivity contribution in [2.75, 3.05) is 0 Å². The molecule has 0 atom stereocenters. The molecule has 3 heteroatoms. The van der Waals surface area contributed by atoms with Gasteiger partial charge in [0.1, 0.15) is 0 Å². The largest absolute Gasteiger partial charge is 0.262 e. The molecule has 2 rings (SSSR count). The summed E-state index contributed by atoms with van der Waals surface area (Å²) >= 11 is 5.88. The van der Waals surface area contributed by atoms with Gasteiger partial charge in [0, 0.05) is 17.2 Å². The Hall–Kier alpha value is -0.900. The third-order valence-corrected chi connectivity index (χ3v) is 3.65. The number of hydrogen-bond donors (Lipinski definition) is 2. The van der Waals surface area contributed by atoms with E-state index in [1.54, 1.807) is 0 Å². The summed E-state index contributed by atoms with van der Waals surface area (Å²) in [6, 6.07) is 19.1. The highest BCUT2D eigenvalue weighted by molar-refractivity contribution is 7.98. The molecule has 0 heterocycles. The zero-order valence-electron chi connectivity index (χ0n) is 9.47. The van der Waals surface area contributed by atoms with Crippen LogP contribution in [0, 0.1) is 0 Å². The average Bonchev–Trinajstić information content (AvgIpc) is 2.39. The van der Waals surface area contributed by atoms with Crippen LogP contribution in [0.1, 0.15) is 11.1 Å². The molecule has 0 aliphatic rings. The average molecular weight is 261 g/mol. The maximum atomic E-state index is 4.02. The standard InChI is InChI=1S/C14H15NS2/c16-15-10-13-7-4-8-14(9-13)17-11-12-5-2-1-3-6-12/h1-9,15-16H,10-11H2. The molecule has 0 saturated heterocycles. The molecule has 0 aliphatic carbocycles. The summed E-state index contributed by atoms with van der Waals surface area (Å²) < 4.78 is 2.87. The molecule has 0 bridgehead atoms. The predicted octanol–water partition coefficient (Wildman–Crippen LogP) is 3.91. The molecule has 0 amide bonds. The van der Waals surface area contributed by atoms with Crippen LogP contribution in [0.4, 0.5) is 0 Å². The second-order valence-corrected chi connectivity index (χ2v) is 5.12. The summed E-state index contributed by atoms with van der Waals surface area (Å²) in [5, 5.41) is 0. The maximum absolute atomic E-state index is 4.02. The highest BCUT2D eigenvalue weighted by Gasteiger charge is 1.97. The van der Waals surface area contributed by atoms with Gasteiger partial charge in [-0.25, -0.2) is 0 Å². The normalized spacial score (nSPS) is 10.4. The van der Waals surface area contributed by atoms with Crippen LogP contribution in [-0.2, 0) is 12.3 Å². The number of nitrogens with one attached hydrogen (secondary N) is 1. The van der Waals surface area contributed by atoms with Gasteiger partial charge in [-0.3, -0.25) is 4.72 Å². The first-order valence-electron chi connectivity index (χ1n) is 5.51. The Morgan fingerprint density at radius 2 is 1.71 bits per heavy atom. The molecule has 2 aromatic carbocycles. The molecule has 17 heavy (non-hydrogen) atoms. The van der Waals surface area contributed by atoms with Crippen LogP contribution in [-0.4, -0.2) is 0 Å². The molecule has 0 fully saturated rings. The van der Waals surface area contributed by atoms with Crippen molar-refractivity contribution in [1.29, 1.82) is 0 Å². The van der Waals surface area contributed by atoms with Crippen LogP contribution < -0.4 is 4.72 Å². The van der Waals surface area contributed by atoms with Crippen molar-refractivity contribution in [3.63, 3.8) is 0 Å². The van der Waals surface area contributed by atoms with Gasteiger partial charge in [-0.2, -0.15) is 0 Å². The third kappa shape index (κ3) is 4.11. The van der Waals surface area contributed by atoms with E-state index in [0.29, 0.717) is 0 Å². The Kier molecular flexibility index (Phi) is 4.98. The lowest BCUT2D eigenvalue weighted by Crippen LogP contribution is -1.97. The summed E-state index contributed by atoms with van der Waals surface area (Å²) in [5.41, 5.74) is 2.62. The monoisotopic (exact) mass is 261 g/mol. The van der Waals surface area contributed by atoms with Crippen molar-refractivity contribution < 1.29 is 0 Å². The number of rotatable bonds is 5. The minimum Gasteiger partial charge on any atom is -0.262 e. The van der Waals surface area contributed by atoms with Gasteiger partial charge in [-0.15, -0.1) is 11.8 Å². The van der Waals surface area contributed by atoms with Crippen molar-refractivity contribution in [2.24, 2.45) is 0 Å². The van der Waals surface area contributed by atoms with Crippen molar-refractivity contribution in [3.05, 3.63) is 65.7 Å². The third-order valence-electron chi connectivity index (χ3n) is 2.43. The number of thiol groups is 1. The van der Waals surface area contributed by atoms with Gasteiger partial charge in [0.05, 0.1) is 0 Å². The minimum absolute atomic E-state index is 0.794. The van der Waals surface area contributed by atoms with Crippen LogP contribution in [0.3, 0.4) is 0 Å². The SMILES string of the molecule is SNCc1cccc(SCc2ccccc2)c1. The topological polar surface area (TPSA) is 12.0 Å². The zero-order chi connectivity index (χ0) is 11.9.